The van der Waals surface area contributed by atoms with E-state index in [4.69, 9.17) is 0 Å². The molecular formula is C17H25NO3S. The Hall–Kier alpha value is -1.20. The second-order valence-corrected chi connectivity index (χ2v) is 8.58. The van der Waals surface area contributed by atoms with Crippen molar-refractivity contribution in [3.8, 4) is 0 Å². The maximum absolute atomic E-state index is 12.5. The number of carbonyl (C=O) groups is 1. The molecule has 1 heterocycles. The molecule has 1 aliphatic heterocycles. The van der Waals surface area contributed by atoms with Crippen LogP contribution >= 0.6 is 0 Å². The lowest BCUT2D eigenvalue weighted by molar-refractivity contribution is 0.0875. The third-order valence-corrected chi connectivity index (χ3v) is 5.48. The van der Waals surface area contributed by atoms with Crippen molar-refractivity contribution in [2.24, 2.45) is 11.8 Å². The van der Waals surface area contributed by atoms with Gasteiger partial charge in [0.25, 0.3) is 0 Å². The molecule has 122 valence electrons. The van der Waals surface area contributed by atoms with Crippen molar-refractivity contribution < 1.29 is 13.2 Å². The fourth-order valence-corrected chi connectivity index (χ4v) is 3.84. The van der Waals surface area contributed by atoms with Crippen molar-refractivity contribution in [1.29, 1.82) is 0 Å². The van der Waals surface area contributed by atoms with Gasteiger partial charge in [-0.3, -0.25) is 4.79 Å². The highest BCUT2D eigenvalue weighted by molar-refractivity contribution is 7.88. The summed E-state index contributed by atoms with van der Waals surface area (Å²) in [4.78, 5) is 12.5. The summed E-state index contributed by atoms with van der Waals surface area (Å²) in [5.41, 5.74) is 1.99. The van der Waals surface area contributed by atoms with E-state index in [2.05, 4.69) is 13.8 Å². The summed E-state index contributed by atoms with van der Waals surface area (Å²) < 4.78 is 24.5. The molecule has 2 rings (SSSR count). The molecule has 0 spiro atoms. The second-order valence-electron chi connectivity index (χ2n) is 6.60. The minimum Gasteiger partial charge on any atom is -0.294 e. The summed E-state index contributed by atoms with van der Waals surface area (Å²) >= 11 is 0. The first-order chi connectivity index (χ1) is 10.3. The number of benzene rings is 1. The highest BCUT2D eigenvalue weighted by Crippen LogP contribution is 2.23. The maximum Gasteiger partial charge on any atom is 0.211 e. The summed E-state index contributed by atoms with van der Waals surface area (Å²) in [5.74, 6) is 0.681. The molecule has 0 atom stereocenters. The lowest BCUT2D eigenvalue weighted by atomic mass is 9.89. The quantitative estimate of drug-likeness (QED) is 0.783. The smallest absolute Gasteiger partial charge is 0.211 e. The molecule has 1 saturated heterocycles. The zero-order valence-corrected chi connectivity index (χ0v) is 14.4. The predicted molar refractivity (Wildman–Crippen MR) is 88.5 cm³/mol. The minimum atomic E-state index is -3.13. The number of piperidine rings is 1. The lowest BCUT2D eigenvalue weighted by Gasteiger charge is -2.29. The van der Waals surface area contributed by atoms with Gasteiger partial charge in [0, 0.05) is 24.6 Å². The normalized spacial score (nSPS) is 17.8. The molecular weight excluding hydrogens is 298 g/mol. The van der Waals surface area contributed by atoms with Crippen molar-refractivity contribution in [3.05, 3.63) is 35.4 Å². The summed E-state index contributed by atoms with van der Waals surface area (Å²) in [6.45, 7) is 5.24. The van der Waals surface area contributed by atoms with Crippen molar-refractivity contribution >= 4 is 15.8 Å². The summed E-state index contributed by atoms with van der Waals surface area (Å²) in [5, 5.41) is 0. The molecule has 4 nitrogen and oxygen atoms in total. The maximum atomic E-state index is 12.5. The van der Waals surface area contributed by atoms with E-state index in [-0.39, 0.29) is 11.7 Å². The van der Waals surface area contributed by atoms with Gasteiger partial charge in [-0.1, -0.05) is 38.1 Å². The number of Topliss-reactive ketones (excluding diaryl/α,β-unsaturated/α-hetero) is 1. The Bertz CT molecular complexity index is 612. The topological polar surface area (TPSA) is 54.5 Å². The molecule has 0 N–H and O–H groups in total. The number of ketones is 1. The van der Waals surface area contributed by atoms with Crippen LogP contribution in [0.2, 0.25) is 0 Å². The second kappa shape index (κ2) is 6.92. The molecule has 5 heteroatoms. The molecule has 1 aromatic rings. The highest BCUT2D eigenvalue weighted by Gasteiger charge is 2.29. The molecule has 0 bridgehead atoms. The molecule has 1 aromatic carbocycles. The van der Waals surface area contributed by atoms with E-state index in [0.29, 0.717) is 31.8 Å². The third kappa shape index (κ3) is 4.40. The fourth-order valence-electron chi connectivity index (χ4n) is 2.96. The Kier molecular flexibility index (Phi) is 5.40. The van der Waals surface area contributed by atoms with Gasteiger partial charge in [-0.2, -0.15) is 0 Å². The average molecular weight is 323 g/mol. The van der Waals surface area contributed by atoms with Gasteiger partial charge in [0.1, 0.15) is 0 Å². The first-order valence-corrected chi connectivity index (χ1v) is 9.70. The number of sulfonamides is 1. The van der Waals surface area contributed by atoms with Crippen molar-refractivity contribution in [2.75, 3.05) is 19.3 Å². The molecule has 1 fully saturated rings. The van der Waals surface area contributed by atoms with Gasteiger partial charge in [0.2, 0.25) is 10.0 Å². The number of hydrogen-bond donors (Lipinski definition) is 0. The van der Waals surface area contributed by atoms with Crippen LogP contribution in [-0.4, -0.2) is 37.9 Å². The van der Waals surface area contributed by atoms with Crippen LogP contribution in [0, 0.1) is 11.8 Å². The van der Waals surface area contributed by atoms with Crippen LogP contribution in [0.15, 0.2) is 24.3 Å². The van der Waals surface area contributed by atoms with Crippen LogP contribution in [0.4, 0.5) is 0 Å². The van der Waals surface area contributed by atoms with Crippen LogP contribution in [-0.2, 0) is 16.4 Å². The summed E-state index contributed by atoms with van der Waals surface area (Å²) in [7, 11) is -3.13. The average Bonchev–Trinajstić information content (AvgIpc) is 2.46. The van der Waals surface area contributed by atoms with Crippen LogP contribution in [0.25, 0.3) is 0 Å². The van der Waals surface area contributed by atoms with Gasteiger partial charge < -0.3 is 0 Å². The number of nitrogens with zero attached hydrogens (tertiary/aromatic N) is 1. The monoisotopic (exact) mass is 323 g/mol. The summed E-state index contributed by atoms with van der Waals surface area (Å²) in [6, 6.07) is 7.86. The molecule has 1 aliphatic rings. The Morgan fingerprint density at radius 2 is 1.73 bits per heavy atom. The van der Waals surface area contributed by atoms with Gasteiger partial charge >= 0.3 is 0 Å². The van der Waals surface area contributed by atoms with Crippen LogP contribution in [0.3, 0.4) is 0 Å². The molecule has 0 saturated carbocycles. The largest absolute Gasteiger partial charge is 0.294 e. The van der Waals surface area contributed by atoms with Crippen molar-refractivity contribution in [1.82, 2.24) is 4.31 Å². The number of hydrogen-bond acceptors (Lipinski definition) is 3. The molecule has 0 aliphatic carbocycles. The molecule has 0 amide bonds. The standard InChI is InChI=1S/C17H25NO3S/c1-13(2)12-14-4-6-15(7-5-14)17(19)16-8-10-18(11-9-16)22(3,20)21/h4-7,13,16H,8-12H2,1-3H3. The van der Waals surface area contributed by atoms with E-state index >= 15 is 0 Å². The predicted octanol–water partition coefficient (Wildman–Crippen LogP) is 2.74. The van der Waals surface area contributed by atoms with E-state index in [1.165, 1.54) is 16.1 Å². The van der Waals surface area contributed by atoms with Crippen LogP contribution in [0.5, 0.6) is 0 Å². The molecule has 0 radical (unpaired) electrons. The van der Waals surface area contributed by atoms with E-state index < -0.39 is 10.0 Å². The zero-order chi connectivity index (χ0) is 16.3. The van der Waals surface area contributed by atoms with Gasteiger partial charge in [-0.15, -0.1) is 0 Å². The van der Waals surface area contributed by atoms with Crippen LogP contribution in [0.1, 0.15) is 42.6 Å². The van der Waals surface area contributed by atoms with E-state index in [0.717, 1.165) is 12.0 Å². The Labute approximate surface area is 133 Å². The van der Waals surface area contributed by atoms with Gasteiger partial charge in [0.15, 0.2) is 5.78 Å². The third-order valence-electron chi connectivity index (χ3n) is 4.18. The lowest BCUT2D eigenvalue weighted by Crippen LogP contribution is -2.39. The minimum absolute atomic E-state index is 0.0612. The fraction of sp³-hybridized carbons (Fsp3) is 0.588. The van der Waals surface area contributed by atoms with Gasteiger partial charge in [-0.25, -0.2) is 12.7 Å². The van der Waals surface area contributed by atoms with Gasteiger partial charge in [-0.05, 0) is 30.7 Å². The Balaban J connectivity index is 1.98. The summed E-state index contributed by atoms with van der Waals surface area (Å²) in [6.07, 6.45) is 3.46. The Morgan fingerprint density at radius 3 is 2.18 bits per heavy atom. The van der Waals surface area contributed by atoms with E-state index in [9.17, 15) is 13.2 Å². The van der Waals surface area contributed by atoms with Crippen LogP contribution < -0.4 is 0 Å². The highest BCUT2D eigenvalue weighted by atomic mass is 32.2. The Morgan fingerprint density at radius 1 is 1.18 bits per heavy atom. The number of carbonyl (C=O) groups excluding carboxylic acids is 1. The van der Waals surface area contributed by atoms with E-state index in [1.54, 1.807) is 0 Å². The first-order valence-electron chi connectivity index (χ1n) is 7.85. The SMILES string of the molecule is CC(C)Cc1ccc(C(=O)C2CCN(S(C)(=O)=O)CC2)cc1. The van der Waals surface area contributed by atoms with Crippen molar-refractivity contribution in [3.63, 3.8) is 0 Å². The van der Waals surface area contributed by atoms with Crippen molar-refractivity contribution in [2.45, 2.75) is 33.1 Å². The number of rotatable bonds is 5. The molecule has 0 aromatic heterocycles. The van der Waals surface area contributed by atoms with E-state index in [1.807, 2.05) is 24.3 Å². The van der Waals surface area contributed by atoms with Gasteiger partial charge in [0.05, 0.1) is 6.26 Å². The zero-order valence-electron chi connectivity index (χ0n) is 13.6. The molecule has 0 unspecified atom stereocenters. The first kappa shape index (κ1) is 17.2. The molecule has 22 heavy (non-hydrogen) atoms.